The molecule has 2 aromatic heterocycles. The third kappa shape index (κ3) is 5.36. The summed E-state index contributed by atoms with van der Waals surface area (Å²) in [5.74, 6) is -0.234. The van der Waals surface area contributed by atoms with Gasteiger partial charge in [0.2, 0.25) is 5.91 Å². The molecule has 0 radical (unpaired) electrons. The summed E-state index contributed by atoms with van der Waals surface area (Å²) in [6.45, 7) is 12.4. The second kappa shape index (κ2) is 11.7. The number of carbonyl (C=O) groups excluding carboxylic acids is 1. The van der Waals surface area contributed by atoms with Crippen molar-refractivity contribution in [1.29, 1.82) is 0 Å². The van der Waals surface area contributed by atoms with Crippen LogP contribution >= 0.6 is 23.8 Å². The number of anilines is 2. The van der Waals surface area contributed by atoms with Crippen LogP contribution < -0.4 is 15.5 Å². The molecule has 41 heavy (non-hydrogen) atoms. The van der Waals surface area contributed by atoms with E-state index in [1.807, 2.05) is 56.4 Å². The fraction of sp³-hybridized carbons (Fsp3) is 0.303. The number of aryl methyl sites for hydroxylation is 3. The summed E-state index contributed by atoms with van der Waals surface area (Å²) in [6.07, 6.45) is 2.76. The maximum absolute atomic E-state index is 12.3. The molecule has 5 rings (SSSR count). The van der Waals surface area contributed by atoms with Crippen LogP contribution in [0.15, 0.2) is 66.9 Å². The van der Waals surface area contributed by atoms with Gasteiger partial charge in [0.15, 0.2) is 5.11 Å². The Morgan fingerprint density at radius 2 is 1.88 bits per heavy atom. The minimum absolute atomic E-state index is 0.0822. The van der Waals surface area contributed by atoms with Gasteiger partial charge in [0.1, 0.15) is 0 Å². The Hall–Kier alpha value is -3.68. The molecule has 0 saturated carbocycles. The van der Waals surface area contributed by atoms with Crippen LogP contribution in [-0.2, 0) is 11.2 Å². The van der Waals surface area contributed by atoms with Crippen LogP contribution in [-0.4, -0.2) is 20.6 Å². The summed E-state index contributed by atoms with van der Waals surface area (Å²) in [5, 5.41) is 7.52. The molecular formula is C33H36ClN5OS. The molecule has 0 spiro atoms. The first-order valence-electron chi connectivity index (χ1n) is 14.0. The van der Waals surface area contributed by atoms with Crippen LogP contribution in [0.25, 0.3) is 5.69 Å². The summed E-state index contributed by atoms with van der Waals surface area (Å²) < 4.78 is 2.37. The van der Waals surface area contributed by atoms with Crippen LogP contribution in [0.4, 0.5) is 11.4 Å². The predicted molar refractivity (Wildman–Crippen MR) is 172 cm³/mol. The maximum atomic E-state index is 12.3. The molecule has 2 atom stereocenters. The van der Waals surface area contributed by atoms with Crippen LogP contribution in [0.3, 0.4) is 0 Å². The molecule has 2 aromatic carbocycles. The van der Waals surface area contributed by atoms with Gasteiger partial charge in [0.25, 0.3) is 0 Å². The van der Waals surface area contributed by atoms with E-state index in [1.54, 1.807) is 0 Å². The molecule has 0 unspecified atom stereocenters. The molecule has 4 aromatic rings. The fourth-order valence-corrected chi connectivity index (χ4v) is 6.31. The highest BCUT2D eigenvalue weighted by atomic mass is 35.5. The third-order valence-electron chi connectivity index (χ3n) is 7.83. The molecule has 1 amide bonds. The number of benzene rings is 2. The van der Waals surface area contributed by atoms with E-state index in [0.29, 0.717) is 15.8 Å². The third-order valence-corrected chi connectivity index (χ3v) is 8.45. The summed E-state index contributed by atoms with van der Waals surface area (Å²) >= 11 is 12.7. The van der Waals surface area contributed by atoms with Crippen LogP contribution in [0.2, 0.25) is 5.02 Å². The standard InChI is InChI=1S/C33H36ClN5OS/c1-7-23-12-10-11-20(4)30(23)38-21(5)17-25(22(38)6)31-29(28-13-8-9-16-35-28)37-33(41)39(31)24-14-15-27(26(34)18-24)36-32(40)19(2)3/h8-19,29,31H,7H2,1-6H3,(H,36,40)(H,37,41)/t29-,31+/m0/s1. The summed E-state index contributed by atoms with van der Waals surface area (Å²) in [5.41, 5.74) is 9.57. The molecule has 1 fully saturated rings. The van der Waals surface area contributed by atoms with Gasteiger partial charge in [-0.3, -0.25) is 9.78 Å². The smallest absolute Gasteiger partial charge is 0.226 e. The zero-order chi connectivity index (χ0) is 29.4. The van der Waals surface area contributed by atoms with Gasteiger partial charge < -0.3 is 20.1 Å². The molecule has 1 aliphatic rings. The first kappa shape index (κ1) is 28.8. The highest BCUT2D eigenvalue weighted by Crippen LogP contribution is 2.45. The van der Waals surface area contributed by atoms with E-state index in [2.05, 4.69) is 72.1 Å². The molecule has 212 valence electrons. The Labute approximate surface area is 252 Å². The number of para-hydroxylation sites is 1. The Balaban J connectivity index is 1.65. The number of hydrogen-bond donors (Lipinski definition) is 2. The van der Waals surface area contributed by atoms with E-state index in [-0.39, 0.29) is 23.9 Å². The Kier molecular flexibility index (Phi) is 8.20. The number of halogens is 1. The lowest BCUT2D eigenvalue weighted by atomic mass is 9.96. The molecule has 2 N–H and O–H groups in total. The summed E-state index contributed by atoms with van der Waals surface area (Å²) in [4.78, 5) is 19.2. The number of pyridine rings is 1. The average molecular weight is 586 g/mol. The van der Waals surface area contributed by atoms with Crippen LogP contribution in [0.5, 0.6) is 0 Å². The van der Waals surface area contributed by atoms with Crippen molar-refractivity contribution in [2.45, 2.75) is 60.0 Å². The van der Waals surface area contributed by atoms with E-state index in [0.717, 1.165) is 34.8 Å². The molecule has 8 heteroatoms. The lowest BCUT2D eigenvalue weighted by Gasteiger charge is -2.29. The zero-order valence-corrected chi connectivity index (χ0v) is 25.9. The molecular weight excluding hydrogens is 550 g/mol. The van der Waals surface area contributed by atoms with E-state index in [9.17, 15) is 4.79 Å². The van der Waals surface area contributed by atoms with Crippen molar-refractivity contribution >= 4 is 46.2 Å². The van der Waals surface area contributed by atoms with Gasteiger partial charge in [-0.1, -0.05) is 56.6 Å². The van der Waals surface area contributed by atoms with Gasteiger partial charge in [-0.2, -0.15) is 0 Å². The van der Waals surface area contributed by atoms with Crippen molar-refractivity contribution in [3.05, 3.63) is 106 Å². The molecule has 0 aliphatic carbocycles. The van der Waals surface area contributed by atoms with Crippen molar-refractivity contribution < 1.29 is 4.79 Å². The Morgan fingerprint density at radius 1 is 1.10 bits per heavy atom. The minimum atomic E-state index is -0.182. The summed E-state index contributed by atoms with van der Waals surface area (Å²) in [7, 11) is 0. The zero-order valence-electron chi connectivity index (χ0n) is 24.3. The van der Waals surface area contributed by atoms with Crippen molar-refractivity contribution in [1.82, 2.24) is 14.9 Å². The predicted octanol–water partition coefficient (Wildman–Crippen LogP) is 7.78. The van der Waals surface area contributed by atoms with Crippen molar-refractivity contribution in [2.75, 3.05) is 10.2 Å². The molecule has 0 bridgehead atoms. The first-order valence-corrected chi connectivity index (χ1v) is 14.8. The monoisotopic (exact) mass is 585 g/mol. The quantitative estimate of drug-likeness (QED) is 0.217. The number of thiocarbonyl (C=S) groups is 1. The number of amides is 1. The topological polar surface area (TPSA) is 62.2 Å². The van der Waals surface area contributed by atoms with Crippen LogP contribution in [0, 0.1) is 26.7 Å². The molecule has 1 aliphatic heterocycles. The van der Waals surface area contributed by atoms with E-state index < -0.39 is 0 Å². The second-order valence-electron chi connectivity index (χ2n) is 10.9. The number of aromatic nitrogens is 2. The maximum Gasteiger partial charge on any atom is 0.226 e. The van der Waals surface area contributed by atoms with Crippen molar-refractivity contribution in [3.63, 3.8) is 0 Å². The first-order chi connectivity index (χ1) is 19.6. The molecule has 6 nitrogen and oxygen atoms in total. The number of hydrogen-bond acceptors (Lipinski definition) is 3. The van der Waals surface area contributed by atoms with E-state index in [4.69, 9.17) is 28.8 Å². The lowest BCUT2D eigenvalue weighted by molar-refractivity contribution is -0.118. The van der Waals surface area contributed by atoms with E-state index in [1.165, 1.54) is 16.8 Å². The highest BCUT2D eigenvalue weighted by Gasteiger charge is 2.42. The van der Waals surface area contributed by atoms with Gasteiger partial charge in [-0.05, 0) is 92.5 Å². The number of rotatable bonds is 7. The normalized spacial score (nSPS) is 16.8. The number of carbonyl (C=O) groups is 1. The van der Waals surface area contributed by atoms with Crippen molar-refractivity contribution in [2.24, 2.45) is 5.92 Å². The largest absolute Gasteiger partial charge is 0.351 e. The summed E-state index contributed by atoms with van der Waals surface area (Å²) in [6, 6.07) is 20.0. The Bertz CT molecular complexity index is 1610. The second-order valence-corrected chi connectivity index (χ2v) is 11.7. The Morgan fingerprint density at radius 3 is 2.54 bits per heavy atom. The van der Waals surface area contributed by atoms with Gasteiger partial charge in [0.05, 0.1) is 34.2 Å². The lowest BCUT2D eigenvalue weighted by Crippen LogP contribution is -2.29. The van der Waals surface area contributed by atoms with Gasteiger partial charge >= 0.3 is 0 Å². The van der Waals surface area contributed by atoms with Gasteiger partial charge in [0, 0.05) is 29.2 Å². The highest BCUT2D eigenvalue weighted by molar-refractivity contribution is 7.80. The van der Waals surface area contributed by atoms with Crippen LogP contribution in [0.1, 0.15) is 66.6 Å². The van der Waals surface area contributed by atoms with E-state index >= 15 is 0 Å². The minimum Gasteiger partial charge on any atom is -0.351 e. The fourth-order valence-electron chi connectivity index (χ4n) is 5.74. The van der Waals surface area contributed by atoms with Gasteiger partial charge in [-0.15, -0.1) is 0 Å². The average Bonchev–Trinajstić information content (AvgIpc) is 3.44. The molecule has 1 saturated heterocycles. The van der Waals surface area contributed by atoms with Gasteiger partial charge in [-0.25, -0.2) is 0 Å². The SMILES string of the molecule is CCc1cccc(C)c1-n1c(C)cc([C@@H]2[C@H](c3ccccn3)NC(=S)N2c2ccc(NC(=O)C(C)C)c(Cl)c2)c1C. The number of nitrogens with zero attached hydrogens (tertiary/aromatic N) is 3. The number of nitrogens with one attached hydrogen (secondary N) is 2. The molecule has 3 heterocycles. The van der Waals surface area contributed by atoms with Crippen molar-refractivity contribution in [3.8, 4) is 5.69 Å².